The van der Waals surface area contributed by atoms with Gasteiger partial charge in [0.25, 0.3) is 0 Å². The molecule has 8 nitrogen and oxygen atoms in total. The smallest absolute Gasteiger partial charge is 0.326 e. The van der Waals surface area contributed by atoms with Gasteiger partial charge >= 0.3 is 12.2 Å². The number of nitrogens with one attached hydrogen (secondary N) is 1. The van der Waals surface area contributed by atoms with E-state index in [0.717, 1.165) is 0 Å². The largest absolute Gasteiger partial charge is 0.480 e. The number of Topliss-reactive ketones (excluding diaryl/α,β-unsaturated/α-hetero) is 1. The number of hydrogen-bond donors (Lipinski definition) is 2. The van der Waals surface area contributed by atoms with Crippen LogP contribution in [0.2, 0.25) is 0 Å². The summed E-state index contributed by atoms with van der Waals surface area (Å²) >= 11 is 0. The minimum atomic E-state index is -1.24. The Morgan fingerprint density at radius 2 is 1.91 bits per heavy atom. The number of carbonyl (C=O) groups excluding carboxylic acids is 2. The average Bonchev–Trinajstić information content (AvgIpc) is 2.47. The van der Waals surface area contributed by atoms with Gasteiger partial charge in [0, 0.05) is 6.42 Å². The molecule has 0 fully saturated rings. The van der Waals surface area contributed by atoms with Gasteiger partial charge in [-0.2, -0.15) is 4.79 Å². The number of aliphatic carboxylic acids is 1. The van der Waals surface area contributed by atoms with Crippen LogP contribution in [0, 0.1) is 5.92 Å². The first-order valence-corrected chi connectivity index (χ1v) is 7.61. The molecule has 0 saturated heterocycles. The summed E-state index contributed by atoms with van der Waals surface area (Å²) in [5.41, 5.74) is 8.25. The second-order valence-corrected chi connectivity index (χ2v) is 5.64. The molecule has 130 valence electrons. The second-order valence-electron chi connectivity index (χ2n) is 5.64. The summed E-state index contributed by atoms with van der Waals surface area (Å²) in [6.07, 6.45) is 0.224. The fourth-order valence-electron chi connectivity index (χ4n) is 1.89. The maximum atomic E-state index is 12.3. The van der Waals surface area contributed by atoms with Gasteiger partial charge < -0.3 is 20.7 Å². The molecule has 1 amide bonds. The lowest BCUT2D eigenvalue weighted by Crippen LogP contribution is -2.49. The summed E-state index contributed by atoms with van der Waals surface area (Å²) in [5, 5.41) is 11.6. The molecule has 0 saturated carbocycles. The number of hydrogen-bond acceptors (Lipinski definition) is 4. The number of ketones is 1. The highest BCUT2D eigenvalue weighted by molar-refractivity contribution is 6.25. The first-order chi connectivity index (χ1) is 10.7. The van der Waals surface area contributed by atoms with Gasteiger partial charge in [-0.05, 0) is 26.2 Å². The Hall–Kier alpha value is -2.05. The first kappa shape index (κ1) is 20.9. The molecule has 0 aromatic rings. The zero-order valence-corrected chi connectivity index (χ0v) is 14.0. The van der Waals surface area contributed by atoms with Crippen molar-refractivity contribution in [1.82, 2.24) is 5.32 Å². The quantitative estimate of drug-likeness (QED) is 0.333. The van der Waals surface area contributed by atoms with E-state index in [4.69, 9.17) is 10.3 Å². The number of nitrogens with zero attached hydrogens (tertiary/aromatic N) is 2. The van der Waals surface area contributed by atoms with Crippen LogP contribution in [-0.2, 0) is 19.1 Å². The van der Waals surface area contributed by atoms with Crippen molar-refractivity contribution in [3.8, 4) is 0 Å². The van der Waals surface area contributed by atoms with Crippen LogP contribution in [0.5, 0.6) is 0 Å². The minimum Gasteiger partial charge on any atom is -0.480 e. The van der Waals surface area contributed by atoms with Gasteiger partial charge in [-0.25, -0.2) is 4.79 Å². The van der Waals surface area contributed by atoms with E-state index in [1.807, 2.05) is 13.8 Å². The van der Waals surface area contributed by atoms with E-state index in [1.165, 1.54) is 0 Å². The lowest BCUT2D eigenvalue weighted by Gasteiger charge is -2.26. The van der Waals surface area contributed by atoms with E-state index >= 15 is 0 Å². The average molecular weight is 327 g/mol. The molecule has 2 N–H and O–H groups in total. The number of amides is 1. The van der Waals surface area contributed by atoms with E-state index in [1.54, 1.807) is 13.8 Å². The van der Waals surface area contributed by atoms with Crippen molar-refractivity contribution in [2.24, 2.45) is 5.92 Å². The highest BCUT2D eigenvalue weighted by Gasteiger charge is 2.30. The van der Waals surface area contributed by atoms with E-state index < -0.39 is 29.8 Å². The number of rotatable bonds is 11. The van der Waals surface area contributed by atoms with Gasteiger partial charge in [0.15, 0.2) is 0 Å². The van der Waals surface area contributed by atoms with Crippen molar-refractivity contribution < 1.29 is 29.0 Å². The topological polar surface area (TPSA) is 129 Å². The maximum Gasteiger partial charge on any atom is 0.326 e. The van der Waals surface area contributed by atoms with E-state index in [2.05, 4.69) is 10.1 Å². The number of ether oxygens (including phenoxy) is 1. The monoisotopic (exact) mass is 327 g/mol. The SMILES string of the molecule is CC[C@@H](C)[C@H](OC(C)C)C(=O)N[C@@H](CCC(=O)C=[N+]=[N-])C(=O)O. The van der Waals surface area contributed by atoms with Crippen molar-refractivity contribution in [2.45, 2.75) is 65.2 Å². The Kier molecular flexibility index (Phi) is 9.69. The predicted octanol–water partition coefficient (Wildman–Crippen LogP) is 1.05. The summed E-state index contributed by atoms with van der Waals surface area (Å²) in [4.78, 5) is 37.4. The second kappa shape index (κ2) is 10.6. The van der Waals surface area contributed by atoms with Crippen LogP contribution in [-0.4, -0.2) is 52.0 Å². The molecular formula is C15H25N3O5. The summed E-state index contributed by atoms with van der Waals surface area (Å²) < 4.78 is 5.58. The summed E-state index contributed by atoms with van der Waals surface area (Å²) in [5.74, 6) is -2.34. The molecule has 0 aliphatic rings. The van der Waals surface area contributed by atoms with Crippen molar-refractivity contribution in [1.29, 1.82) is 0 Å². The predicted molar refractivity (Wildman–Crippen MR) is 83.0 cm³/mol. The van der Waals surface area contributed by atoms with E-state index in [9.17, 15) is 19.5 Å². The number of carboxylic acids is 1. The van der Waals surface area contributed by atoms with Gasteiger partial charge in [0.2, 0.25) is 11.7 Å². The molecule has 0 aliphatic carbocycles. The van der Waals surface area contributed by atoms with Gasteiger partial charge in [0.05, 0.1) is 6.10 Å². The van der Waals surface area contributed by atoms with Gasteiger partial charge in [-0.1, -0.05) is 20.3 Å². The standard InChI is InChI=1S/C15H25N3O5/c1-5-10(4)13(23-9(2)3)14(20)18-12(15(21)22)7-6-11(19)8-17-16/h8-10,12-13H,5-7H2,1-4H3,(H,18,20)(H,21,22)/t10-,12+,13+/m1/s1. The third-order valence-corrected chi connectivity index (χ3v) is 3.33. The lowest BCUT2D eigenvalue weighted by molar-refractivity contribution is -0.147. The lowest BCUT2D eigenvalue weighted by atomic mass is 10.00. The Morgan fingerprint density at radius 1 is 1.30 bits per heavy atom. The molecule has 0 aromatic carbocycles. The molecule has 0 radical (unpaired) electrons. The summed E-state index contributed by atoms with van der Waals surface area (Å²) in [6.45, 7) is 7.36. The first-order valence-electron chi connectivity index (χ1n) is 7.61. The van der Waals surface area contributed by atoms with Crippen molar-refractivity contribution in [2.75, 3.05) is 0 Å². The highest BCUT2D eigenvalue weighted by Crippen LogP contribution is 2.14. The zero-order chi connectivity index (χ0) is 18.0. The van der Waals surface area contributed by atoms with Crippen LogP contribution >= 0.6 is 0 Å². The van der Waals surface area contributed by atoms with Crippen molar-refractivity contribution in [3.63, 3.8) is 0 Å². The fraction of sp³-hybridized carbons (Fsp3) is 0.733. The molecule has 23 heavy (non-hydrogen) atoms. The third-order valence-electron chi connectivity index (χ3n) is 3.33. The molecule has 0 unspecified atom stereocenters. The van der Waals surface area contributed by atoms with Gasteiger partial charge in [-0.15, -0.1) is 0 Å². The van der Waals surface area contributed by atoms with Crippen LogP contribution in [0.3, 0.4) is 0 Å². The highest BCUT2D eigenvalue weighted by atomic mass is 16.5. The Balaban J connectivity index is 4.88. The summed E-state index contributed by atoms with van der Waals surface area (Å²) in [7, 11) is 0. The van der Waals surface area contributed by atoms with Crippen LogP contribution in [0.25, 0.3) is 5.53 Å². The molecule has 0 aliphatic heterocycles. The van der Waals surface area contributed by atoms with Crippen molar-refractivity contribution >= 4 is 23.9 Å². The van der Waals surface area contributed by atoms with Gasteiger partial charge in [0.1, 0.15) is 12.1 Å². The number of carboxylic acid groups (broad SMARTS) is 1. The van der Waals surface area contributed by atoms with Crippen LogP contribution in [0.4, 0.5) is 0 Å². The zero-order valence-electron chi connectivity index (χ0n) is 14.0. The number of carbonyl (C=O) groups is 3. The molecule has 0 rings (SSSR count). The van der Waals surface area contributed by atoms with Gasteiger partial charge in [-0.3, -0.25) is 9.59 Å². The van der Waals surface area contributed by atoms with E-state index in [-0.39, 0.29) is 24.9 Å². The maximum absolute atomic E-state index is 12.3. The van der Waals surface area contributed by atoms with Crippen molar-refractivity contribution in [3.05, 3.63) is 5.53 Å². The molecule has 3 atom stereocenters. The Bertz CT molecular complexity index is 472. The molecule has 0 heterocycles. The molecule has 0 aromatic heterocycles. The molecule has 0 bridgehead atoms. The Labute approximate surface area is 135 Å². The summed E-state index contributed by atoms with van der Waals surface area (Å²) in [6, 6.07) is -1.21. The van der Waals surface area contributed by atoms with Crippen LogP contribution in [0.15, 0.2) is 0 Å². The van der Waals surface area contributed by atoms with Crippen LogP contribution in [0.1, 0.15) is 47.0 Å². The molecular weight excluding hydrogens is 302 g/mol. The normalized spacial score (nSPS) is 14.5. The van der Waals surface area contributed by atoms with Crippen LogP contribution < -0.4 is 5.32 Å². The molecule has 8 heteroatoms. The Morgan fingerprint density at radius 3 is 2.35 bits per heavy atom. The molecule has 0 spiro atoms. The van der Waals surface area contributed by atoms with E-state index in [0.29, 0.717) is 12.6 Å². The third kappa shape index (κ3) is 8.23. The fourth-order valence-corrected chi connectivity index (χ4v) is 1.89. The minimum absolute atomic E-state index is 0.0741.